The SMILES string of the molecule is CN(C)c1ccccc1N(C=O)CCN1CCNCC1. The van der Waals surface area contributed by atoms with Crippen LogP contribution in [0.3, 0.4) is 0 Å². The Morgan fingerprint density at radius 2 is 1.85 bits per heavy atom. The molecule has 1 amide bonds. The van der Waals surface area contributed by atoms with Crippen LogP contribution in [0.25, 0.3) is 0 Å². The molecule has 0 saturated carbocycles. The van der Waals surface area contributed by atoms with Crippen molar-refractivity contribution in [2.45, 2.75) is 0 Å². The number of nitrogens with zero attached hydrogens (tertiary/aromatic N) is 3. The fourth-order valence-electron chi connectivity index (χ4n) is 2.50. The molecule has 1 aliphatic heterocycles. The van der Waals surface area contributed by atoms with Crippen molar-refractivity contribution in [3.05, 3.63) is 24.3 Å². The number of piperazine rings is 1. The largest absolute Gasteiger partial charge is 0.376 e. The first-order valence-corrected chi connectivity index (χ1v) is 7.13. The van der Waals surface area contributed by atoms with E-state index in [-0.39, 0.29) is 0 Å². The van der Waals surface area contributed by atoms with Gasteiger partial charge in [-0.1, -0.05) is 12.1 Å². The minimum Gasteiger partial charge on any atom is -0.376 e. The molecule has 0 bridgehead atoms. The van der Waals surface area contributed by atoms with E-state index in [0.29, 0.717) is 0 Å². The van der Waals surface area contributed by atoms with Gasteiger partial charge in [-0.2, -0.15) is 0 Å². The van der Waals surface area contributed by atoms with Crippen LogP contribution in [0.15, 0.2) is 24.3 Å². The van der Waals surface area contributed by atoms with Gasteiger partial charge in [0.2, 0.25) is 6.41 Å². The number of para-hydroxylation sites is 2. The average Bonchev–Trinajstić information content (AvgIpc) is 2.49. The van der Waals surface area contributed by atoms with Crippen molar-refractivity contribution in [1.29, 1.82) is 0 Å². The Hall–Kier alpha value is -1.59. The van der Waals surface area contributed by atoms with Gasteiger partial charge in [-0.05, 0) is 12.1 Å². The predicted molar refractivity (Wildman–Crippen MR) is 83.5 cm³/mol. The summed E-state index contributed by atoms with van der Waals surface area (Å²) in [5, 5.41) is 3.34. The smallest absolute Gasteiger partial charge is 0.214 e. The number of anilines is 2. The zero-order valence-corrected chi connectivity index (χ0v) is 12.4. The van der Waals surface area contributed by atoms with Crippen molar-refractivity contribution >= 4 is 17.8 Å². The van der Waals surface area contributed by atoms with Gasteiger partial charge in [0, 0.05) is 53.4 Å². The molecule has 0 spiro atoms. The molecule has 1 aromatic rings. The van der Waals surface area contributed by atoms with Gasteiger partial charge in [0.25, 0.3) is 0 Å². The number of rotatable bonds is 6. The normalized spacial score (nSPS) is 15.9. The second-order valence-corrected chi connectivity index (χ2v) is 5.27. The number of carbonyl (C=O) groups is 1. The molecule has 2 rings (SSSR count). The Balaban J connectivity index is 2.02. The van der Waals surface area contributed by atoms with Crippen LogP contribution in [-0.2, 0) is 4.79 Å². The van der Waals surface area contributed by atoms with Crippen molar-refractivity contribution in [2.75, 3.05) is 63.2 Å². The molecule has 1 saturated heterocycles. The van der Waals surface area contributed by atoms with E-state index in [9.17, 15) is 4.79 Å². The van der Waals surface area contributed by atoms with Crippen LogP contribution in [-0.4, -0.2) is 64.7 Å². The lowest BCUT2D eigenvalue weighted by atomic mass is 10.2. The van der Waals surface area contributed by atoms with Gasteiger partial charge in [-0.15, -0.1) is 0 Å². The monoisotopic (exact) mass is 276 g/mol. The summed E-state index contributed by atoms with van der Waals surface area (Å²) in [6.45, 7) is 5.84. The molecular weight excluding hydrogens is 252 g/mol. The minimum absolute atomic E-state index is 0.731. The molecule has 110 valence electrons. The molecule has 0 aromatic heterocycles. The van der Waals surface area contributed by atoms with Crippen molar-refractivity contribution in [2.24, 2.45) is 0 Å². The van der Waals surface area contributed by atoms with Gasteiger partial charge >= 0.3 is 0 Å². The van der Waals surface area contributed by atoms with Crippen LogP contribution >= 0.6 is 0 Å². The van der Waals surface area contributed by atoms with E-state index in [0.717, 1.165) is 57.1 Å². The molecule has 0 radical (unpaired) electrons. The van der Waals surface area contributed by atoms with Crippen LogP contribution < -0.4 is 15.1 Å². The molecule has 1 fully saturated rings. The van der Waals surface area contributed by atoms with Crippen LogP contribution in [0.5, 0.6) is 0 Å². The number of amides is 1. The minimum atomic E-state index is 0.731. The highest BCUT2D eigenvalue weighted by Gasteiger charge is 2.14. The number of nitrogens with one attached hydrogen (secondary N) is 1. The third-order valence-corrected chi connectivity index (χ3v) is 3.67. The third-order valence-electron chi connectivity index (χ3n) is 3.67. The Bertz CT molecular complexity index is 430. The quantitative estimate of drug-likeness (QED) is 0.773. The molecule has 5 nitrogen and oxygen atoms in total. The summed E-state index contributed by atoms with van der Waals surface area (Å²) in [6, 6.07) is 8.01. The molecular formula is C15H24N4O. The van der Waals surface area contributed by atoms with Crippen LogP contribution in [0.1, 0.15) is 0 Å². The topological polar surface area (TPSA) is 38.8 Å². The maximum atomic E-state index is 11.4. The highest BCUT2D eigenvalue weighted by Crippen LogP contribution is 2.26. The fraction of sp³-hybridized carbons (Fsp3) is 0.533. The van der Waals surface area contributed by atoms with Gasteiger partial charge in [-0.3, -0.25) is 9.69 Å². The van der Waals surface area contributed by atoms with Crippen LogP contribution in [0, 0.1) is 0 Å². The maximum Gasteiger partial charge on any atom is 0.214 e. The Labute approximate surface area is 121 Å². The van der Waals surface area contributed by atoms with E-state index in [1.807, 2.05) is 43.3 Å². The zero-order valence-electron chi connectivity index (χ0n) is 12.4. The summed E-state index contributed by atoms with van der Waals surface area (Å²) in [6.07, 6.45) is 0.935. The third kappa shape index (κ3) is 3.71. The molecule has 0 atom stereocenters. The number of hydrogen-bond donors (Lipinski definition) is 1. The molecule has 20 heavy (non-hydrogen) atoms. The molecule has 0 aliphatic carbocycles. The average molecular weight is 276 g/mol. The van der Waals surface area contributed by atoms with Crippen molar-refractivity contribution in [1.82, 2.24) is 10.2 Å². The van der Waals surface area contributed by atoms with Crippen LogP contribution in [0.2, 0.25) is 0 Å². The first-order chi connectivity index (χ1) is 9.72. The molecule has 1 aromatic carbocycles. The summed E-state index contributed by atoms with van der Waals surface area (Å²) in [7, 11) is 4.00. The van der Waals surface area contributed by atoms with Gasteiger partial charge in [0.1, 0.15) is 0 Å². The molecule has 0 unspecified atom stereocenters. The highest BCUT2D eigenvalue weighted by molar-refractivity contribution is 5.83. The van der Waals surface area contributed by atoms with Gasteiger partial charge in [0.05, 0.1) is 11.4 Å². The standard InChI is InChI=1S/C15H24N4O/c1-17(2)14-5-3-4-6-15(14)19(13-20)12-11-18-9-7-16-8-10-18/h3-6,13,16H,7-12H2,1-2H3. The van der Waals surface area contributed by atoms with Gasteiger partial charge in [0.15, 0.2) is 0 Å². The van der Waals surface area contributed by atoms with Crippen LogP contribution in [0.4, 0.5) is 11.4 Å². The first-order valence-electron chi connectivity index (χ1n) is 7.13. The van der Waals surface area contributed by atoms with E-state index in [1.165, 1.54) is 0 Å². The van der Waals surface area contributed by atoms with Crippen molar-refractivity contribution in [3.63, 3.8) is 0 Å². The summed E-state index contributed by atoms with van der Waals surface area (Å²) in [4.78, 5) is 17.7. The molecule has 1 N–H and O–H groups in total. The summed E-state index contributed by atoms with van der Waals surface area (Å²) < 4.78 is 0. The van der Waals surface area contributed by atoms with E-state index < -0.39 is 0 Å². The summed E-state index contributed by atoms with van der Waals surface area (Å²) in [5.74, 6) is 0. The number of carbonyl (C=O) groups excluding carboxylic acids is 1. The zero-order chi connectivity index (χ0) is 14.4. The fourth-order valence-corrected chi connectivity index (χ4v) is 2.50. The highest BCUT2D eigenvalue weighted by atomic mass is 16.1. The molecule has 1 heterocycles. The van der Waals surface area contributed by atoms with Crippen molar-refractivity contribution in [3.8, 4) is 0 Å². The molecule has 5 heteroatoms. The lowest BCUT2D eigenvalue weighted by Crippen LogP contribution is -2.46. The van der Waals surface area contributed by atoms with E-state index in [4.69, 9.17) is 0 Å². The summed E-state index contributed by atoms with van der Waals surface area (Å²) in [5.41, 5.74) is 2.04. The second kappa shape index (κ2) is 7.26. The van der Waals surface area contributed by atoms with E-state index in [1.54, 1.807) is 4.90 Å². The van der Waals surface area contributed by atoms with Crippen molar-refractivity contribution < 1.29 is 4.79 Å². The predicted octanol–water partition coefficient (Wildman–Crippen LogP) is 0.621. The maximum absolute atomic E-state index is 11.4. The Morgan fingerprint density at radius 3 is 2.45 bits per heavy atom. The first kappa shape index (κ1) is 14.8. The van der Waals surface area contributed by atoms with Gasteiger partial charge in [-0.25, -0.2) is 0 Å². The summed E-state index contributed by atoms with van der Waals surface area (Å²) >= 11 is 0. The lowest BCUT2D eigenvalue weighted by Gasteiger charge is -2.30. The number of benzene rings is 1. The van der Waals surface area contributed by atoms with Gasteiger partial charge < -0.3 is 15.1 Å². The van der Waals surface area contributed by atoms with E-state index >= 15 is 0 Å². The Morgan fingerprint density at radius 1 is 1.20 bits per heavy atom. The Kier molecular flexibility index (Phi) is 5.38. The van der Waals surface area contributed by atoms with E-state index in [2.05, 4.69) is 10.2 Å². The number of hydrogen-bond acceptors (Lipinski definition) is 4. The lowest BCUT2D eigenvalue weighted by molar-refractivity contribution is -0.107. The molecule has 1 aliphatic rings. The second-order valence-electron chi connectivity index (χ2n) is 5.27.